The molecule has 0 aromatic heterocycles. The average molecular weight is 236 g/mol. The van der Waals surface area contributed by atoms with Gasteiger partial charge in [-0.3, -0.25) is 0 Å². The van der Waals surface area contributed by atoms with Crippen LogP contribution < -0.4 is 5.32 Å². The number of anilines is 1. The van der Waals surface area contributed by atoms with Crippen LogP contribution in [0.4, 0.5) is 18.9 Å². The van der Waals surface area contributed by atoms with Crippen LogP contribution in [0.2, 0.25) is 5.02 Å². The van der Waals surface area contributed by atoms with Gasteiger partial charge in [-0.1, -0.05) is 23.7 Å². The molecular formula is C10H9ClF3N. The number of hydrogen-bond donors (Lipinski definition) is 1. The van der Waals surface area contributed by atoms with Crippen molar-refractivity contribution in [2.75, 3.05) is 11.9 Å². The van der Waals surface area contributed by atoms with E-state index in [1.54, 1.807) is 12.1 Å². The lowest BCUT2D eigenvalue weighted by atomic mass is 9.90. The zero-order valence-electron chi connectivity index (χ0n) is 7.74. The Morgan fingerprint density at radius 3 is 2.73 bits per heavy atom. The normalized spacial score (nSPS) is 20.7. The highest BCUT2D eigenvalue weighted by Gasteiger charge is 2.43. The lowest BCUT2D eigenvalue weighted by Crippen LogP contribution is -2.28. The Morgan fingerprint density at radius 2 is 2.07 bits per heavy atom. The van der Waals surface area contributed by atoms with Crippen molar-refractivity contribution in [2.45, 2.75) is 18.5 Å². The predicted molar refractivity (Wildman–Crippen MR) is 53.4 cm³/mol. The van der Waals surface area contributed by atoms with Crippen LogP contribution >= 0.6 is 11.6 Å². The maximum Gasteiger partial charge on any atom is 0.395 e. The van der Waals surface area contributed by atoms with E-state index in [1.807, 2.05) is 0 Å². The summed E-state index contributed by atoms with van der Waals surface area (Å²) in [5.74, 6) is -1.40. The molecule has 1 unspecified atom stereocenters. The van der Waals surface area contributed by atoms with E-state index in [1.165, 1.54) is 6.07 Å². The van der Waals surface area contributed by atoms with Crippen molar-refractivity contribution in [3.05, 3.63) is 28.8 Å². The summed E-state index contributed by atoms with van der Waals surface area (Å²) < 4.78 is 38.0. The Bertz CT molecular complexity index is 375. The molecule has 0 spiro atoms. The van der Waals surface area contributed by atoms with Gasteiger partial charge >= 0.3 is 6.18 Å². The molecule has 1 aliphatic rings. The number of benzene rings is 1. The molecule has 0 saturated heterocycles. The number of hydrogen-bond acceptors (Lipinski definition) is 1. The summed E-state index contributed by atoms with van der Waals surface area (Å²) in [6, 6.07) is 4.62. The number of fused-ring (bicyclic) bond motifs is 1. The van der Waals surface area contributed by atoms with Crippen molar-refractivity contribution in [1.29, 1.82) is 0 Å². The van der Waals surface area contributed by atoms with Gasteiger partial charge in [0.15, 0.2) is 0 Å². The quantitative estimate of drug-likeness (QED) is 0.721. The van der Waals surface area contributed by atoms with Gasteiger partial charge in [0.05, 0.1) is 16.6 Å². The molecule has 1 atom stereocenters. The van der Waals surface area contributed by atoms with Crippen molar-refractivity contribution in [3.8, 4) is 0 Å². The third kappa shape index (κ3) is 1.91. The minimum absolute atomic E-state index is 0.0663. The van der Waals surface area contributed by atoms with E-state index in [0.717, 1.165) is 0 Å². The average Bonchev–Trinajstić information content (AvgIpc) is 2.16. The molecule has 0 radical (unpaired) electrons. The van der Waals surface area contributed by atoms with Gasteiger partial charge in [0, 0.05) is 6.54 Å². The van der Waals surface area contributed by atoms with E-state index < -0.39 is 12.1 Å². The van der Waals surface area contributed by atoms with Gasteiger partial charge in [-0.25, -0.2) is 0 Å². The van der Waals surface area contributed by atoms with Gasteiger partial charge in [0.1, 0.15) is 0 Å². The van der Waals surface area contributed by atoms with E-state index in [-0.39, 0.29) is 12.0 Å². The summed E-state index contributed by atoms with van der Waals surface area (Å²) in [7, 11) is 0. The van der Waals surface area contributed by atoms with Crippen LogP contribution in [0.25, 0.3) is 0 Å². The van der Waals surface area contributed by atoms with Gasteiger partial charge in [0.2, 0.25) is 0 Å². The van der Waals surface area contributed by atoms with Gasteiger partial charge in [-0.2, -0.15) is 13.2 Å². The maximum atomic E-state index is 12.7. The molecule has 82 valence electrons. The second-order valence-corrected chi connectivity index (χ2v) is 3.92. The van der Waals surface area contributed by atoms with Crippen LogP contribution in [0, 0.1) is 0 Å². The largest absolute Gasteiger partial charge is 0.395 e. The van der Waals surface area contributed by atoms with Crippen molar-refractivity contribution >= 4 is 17.3 Å². The number of halogens is 4. The summed E-state index contributed by atoms with van der Waals surface area (Å²) in [5, 5.41) is 3.25. The molecular weight excluding hydrogens is 227 g/mol. The van der Waals surface area contributed by atoms with Crippen LogP contribution in [-0.2, 0) is 0 Å². The SMILES string of the molecule is FC(F)(F)C1CCNc2c(Cl)cccc21. The first kappa shape index (κ1) is 10.6. The van der Waals surface area contributed by atoms with Crippen LogP contribution in [0.1, 0.15) is 17.9 Å². The number of rotatable bonds is 0. The Kier molecular flexibility index (Phi) is 2.54. The zero-order chi connectivity index (χ0) is 11.1. The van der Waals surface area contributed by atoms with E-state index >= 15 is 0 Å². The minimum Gasteiger partial charge on any atom is -0.384 e. The molecule has 1 aliphatic heterocycles. The first-order chi connectivity index (χ1) is 7.00. The lowest BCUT2D eigenvalue weighted by Gasteiger charge is -2.28. The first-order valence-electron chi connectivity index (χ1n) is 4.59. The first-order valence-corrected chi connectivity index (χ1v) is 4.97. The molecule has 1 aromatic rings. The van der Waals surface area contributed by atoms with E-state index in [0.29, 0.717) is 17.3 Å². The monoisotopic (exact) mass is 235 g/mol. The van der Waals surface area contributed by atoms with Gasteiger partial charge in [0.25, 0.3) is 0 Å². The fourth-order valence-corrected chi connectivity index (χ4v) is 2.10. The van der Waals surface area contributed by atoms with Crippen molar-refractivity contribution in [2.24, 2.45) is 0 Å². The summed E-state index contributed by atoms with van der Waals surface area (Å²) in [6.45, 7) is 0.306. The lowest BCUT2D eigenvalue weighted by molar-refractivity contribution is -0.151. The Morgan fingerprint density at radius 1 is 1.33 bits per heavy atom. The molecule has 2 rings (SSSR count). The molecule has 5 heteroatoms. The van der Waals surface area contributed by atoms with E-state index in [4.69, 9.17) is 11.6 Å². The van der Waals surface area contributed by atoms with Crippen molar-refractivity contribution in [3.63, 3.8) is 0 Å². The fraction of sp³-hybridized carbons (Fsp3) is 0.400. The summed E-state index contributed by atoms with van der Waals surface area (Å²) >= 11 is 5.83. The van der Waals surface area contributed by atoms with Crippen LogP contribution in [0.5, 0.6) is 0 Å². The molecule has 0 fully saturated rings. The number of para-hydroxylation sites is 1. The molecule has 1 aromatic carbocycles. The fourth-order valence-electron chi connectivity index (χ4n) is 1.85. The molecule has 0 saturated carbocycles. The predicted octanol–water partition coefficient (Wildman–Crippen LogP) is 3.80. The maximum absolute atomic E-state index is 12.7. The highest BCUT2D eigenvalue weighted by atomic mass is 35.5. The van der Waals surface area contributed by atoms with Crippen LogP contribution in [0.3, 0.4) is 0 Å². The second kappa shape index (κ2) is 3.59. The third-order valence-electron chi connectivity index (χ3n) is 2.55. The topological polar surface area (TPSA) is 12.0 Å². The van der Waals surface area contributed by atoms with Gasteiger partial charge in [-0.05, 0) is 18.1 Å². The Hall–Kier alpha value is -0.900. The highest BCUT2D eigenvalue weighted by molar-refractivity contribution is 6.33. The van der Waals surface area contributed by atoms with Gasteiger partial charge in [-0.15, -0.1) is 0 Å². The highest BCUT2D eigenvalue weighted by Crippen LogP contribution is 2.44. The Balaban J connectivity index is 2.48. The van der Waals surface area contributed by atoms with Crippen molar-refractivity contribution < 1.29 is 13.2 Å². The molecule has 0 amide bonds. The summed E-state index contributed by atoms with van der Waals surface area (Å²) in [5.41, 5.74) is 0.675. The van der Waals surface area contributed by atoms with E-state index in [2.05, 4.69) is 5.32 Å². The standard InChI is InChI=1S/C10H9ClF3N/c11-8-3-1-2-6-7(10(12,13)14)4-5-15-9(6)8/h1-3,7,15H,4-5H2. The number of alkyl halides is 3. The zero-order valence-corrected chi connectivity index (χ0v) is 8.49. The molecule has 15 heavy (non-hydrogen) atoms. The molecule has 0 aliphatic carbocycles. The smallest absolute Gasteiger partial charge is 0.384 e. The van der Waals surface area contributed by atoms with Crippen LogP contribution in [-0.4, -0.2) is 12.7 Å². The second-order valence-electron chi connectivity index (χ2n) is 3.51. The molecule has 1 heterocycles. The molecule has 1 nitrogen and oxygen atoms in total. The number of nitrogens with one attached hydrogen (secondary N) is 1. The third-order valence-corrected chi connectivity index (χ3v) is 2.87. The molecule has 0 bridgehead atoms. The summed E-state index contributed by atoms with van der Waals surface area (Å²) in [4.78, 5) is 0. The van der Waals surface area contributed by atoms with Crippen LogP contribution in [0.15, 0.2) is 18.2 Å². The van der Waals surface area contributed by atoms with Crippen molar-refractivity contribution in [1.82, 2.24) is 0 Å². The van der Waals surface area contributed by atoms with E-state index in [9.17, 15) is 13.2 Å². The minimum atomic E-state index is -4.19. The molecule has 1 N–H and O–H groups in total. The van der Waals surface area contributed by atoms with Gasteiger partial charge < -0.3 is 5.32 Å². The summed E-state index contributed by atoms with van der Waals surface area (Å²) in [6.07, 6.45) is -4.13. The Labute approximate surface area is 90.2 Å².